The van der Waals surface area contributed by atoms with Crippen LogP contribution in [0, 0.1) is 28.6 Å². The zero-order valence-corrected chi connectivity index (χ0v) is 15.5. The molecule has 4 N–H and O–H groups in total. The van der Waals surface area contributed by atoms with Crippen LogP contribution in [-0.4, -0.2) is 30.0 Å². The molecule has 6 atom stereocenters. The molecule has 0 radical (unpaired) electrons. The monoisotopic (exact) mass is 323 g/mol. The largest absolute Gasteiger partial charge is 0.396 e. The Balaban J connectivity index is 0.000000924. The Bertz CT molecular complexity index is 435. The van der Waals surface area contributed by atoms with Gasteiger partial charge in [-0.15, -0.1) is 0 Å². The van der Waals surface area contributed by atoms with Crippen LogP contribution in [0.4, 0.5) is 0 Å². The van der Waals surface area contributed by atoms with Gasteiger partial charge in [0.1, 0.15) is 0 Å². The normalized spacial score (nSPS) is 46.5. The summed E-state index contributed by atoms with van der Waals surface area (Å²) in [5.41, 5.74) is 6.77. The third-order valence-corrected chi connectivity index (χ3v) is 7.75. The van der Waals surface area contributed by atoms with E-state index in [4.69, 9.17) is 0 Å². The van der Waals surface area contributed by atoms with Gasteiger partial charge in [0.2, 0.25) is 0 Å². The van der Waals surface area contributed by atoms with E-state index < -0.39 is 0 Å². The van der Waals surface area contributed by atoms with Gasteiger partial charge in [-0.1, -0.05) is 25.5 Å². The number of aliphatic hydroxyl groups excluding tert-OH is 2. The lowest BCUT2D eigenvalue weighted by molar-refractivity contribution is -0.0669. The summed E-state index contributed by atoms with van der Waals surface area (Å²) in [6.07, 6.45) is 10.2. The second kappa shape index (κ2) is 7.25. The van der Waals surface area contributed by atoms with Crippen LogP contribution in [0.25, 0.3) is 0 Å². The fraction of sp³-hybridized carbons (Fsp3) is 0.900. The van der Waals surface area contributed by atoms with Gasteiger partial charge in [0.05, 0.1) is 6.10 Å². The smallest absolute Gasteiger partial charge is 0.0544 e. The van der Waals surface area contributed by atoms with Crippen molar-refractivity contribution in [2.45, 2.75) is 71.8 Å². The molecule has 3 aliphatic rings. The number of allylic oxidation sites excluding steroid dienone is 2. The predicted molar refractivity (Wildman–Crippen MR) is 96.0 cm³/mol. The van der Waals surface area contributed by atoms with Crippen LogP contribution in [0.3, 0.4) is 0 Å². The highest BCUT2D eigenvalue weighted by Gasteiger charge is 2.51. The minimum atomic E-state index is -0.195. The van der Waals surface area contributed by atoms with Gasteiger partial charge >= 0.3 is 0 Å². The van der Waals surface area contributed by atoms with Crippen molar-refractivity contribution in [3.8, 4) is 0 Å². The lowest BCUT2D eigenvalue weighted by atomic mass is 9.53. The Morgan fingerprint density at radius 1 is 1.13 bits per heavy atom. The van der Waals surface area contributed by atoms with Gasteiger partial charge in [0, 0.05) is 6.61 Å². The molecule has 3 heteroatoms. The maximum absolute atomic E-state index is 9.95. The second-order valence-corrected chi connectivity index (χ2v) is 8.52. The SMILES string of the molecule is CC1=CCC2CC(C3(C)CCC(O)CC3CO)CCC12C.CN. The summed E-state index contributed by atoms with van der Waals surface area (Å²) in [4.78, 5) is 0. The van der Waals surface area contributed by atoms with E-state index in [1.807, 2.05) is 0 Å². The van der Waals surface area contributed by atoms with Crippen LogP contribution in [-0.2, 0) is 0 Å². The lowest BCUT2D eigenvalue weighted by Gasteiger charge is -2.53. The predicted octanol–water partition coefficient (Wildman–Crippen LogP) is 3.49. The van der Waals surface area contributed by atoms with Crippen molar-refractivity contribution < 1.29 is 10.2 Å². The molecule has 0 aromatic heterocycles. The number of nitrogens with two attached hydrogens (primary N) is 1. The van der Waals surface area contributed by atoms with E-state index in [2.05, 4.69) is 32.6 Å². The molecule has 2 saturated carbocycles. The molecule has 2 fully saturated rings. The maximum Gasteiger partial charge on any atom is 0.0544 e. The van der Waals surface area contributed by atoms with Gasteiger partial charge in [-0.3, -0.25) is 0 Å². The van der Waals surface area contributed by atoms with Gasteiger partial charge < -0.3 is 15.9 Å². The van der Waals surface area contributed by atoms with E-state index in [-0.39, 0.29) is 24.0 Å². The summed E-state index contributed by atoms with van der Waals surface area (Å²) in [5, 5.41) is 19.8. The number of rotatable bonds is 2. The quantitative estimate of drug-likeness (QED) is 0.681. The Hall–Kier alpha value is -0.380. The number of hydrogen-bond donors (Lipinski definition) is 3. The fourth-order valence-electron chi connectivity index (χ4n) is 5.64. The molecule has 0 aliphatic heterocycles. The minimum Gasteiger partial charge on any atom is -0.396 e. The maximum atomic E-state index is 9.95. The van der Waals surface area contributed by atoms with Crippen molar-refractivity contribution >= 4 is 0 Å². The van der Waals surface area contributed by atoms with Gasteiger partial charge in [-0.05, 0) is 87.5 Å². The molecule has 134 valence electrons. The summed E-state index contributed by atoms with van der Waals surface area (Å²) >= 11 is 0. The van der Waals surface area contributed by atoms with Crippen molar-refractivity contribution in [2.75, 3.05) is 13.7 Å². The van der Waals surface area contributed by atoms with Gasteiger partial charge in [0.25, 0.3) is 0 Å². The van der Waals surface area contributed by atoms with E-state index in [0.29, 0.717) is 5.41 Å². The molecule has 0 saturated heterocycles. The van der Waals surface area contributed by atoms with Gasteiger partial charge in [0.15, 0.2) is 0 Å². The first-order valence-corrected chi connectivity index (χ1v) is 9.44. The molecule has 0 aromatic rings. The third-order valence-electron chi connectivity index (χ3n) is 7.75. The molecule has 23 heavy (non-hydrogen) atoms. The molecule has 0 bridgehead atoms. The number of aliphatic hydroxyl groups is 2. The molecule has 0 amide bonds. The second-order valence-electron chi connectivity index (χ2n) is 8.52. The number of hydrogen-bond acceptors (Lipinski definition) is 3. The van der Waals surface area contributed by atoms with Crippen molar-refractivity contribution in [1.82, 2.24) is 0 Å². The highest BCUT2D eigenvalue weighted by molar-refractivity contribution is 5.21. The summed E-state index contributed by atoms with van der Waals surface area (Å²) in [7, 11) is 1.50. The van der Waals surface area contributed by atoms with Crippen molar-refractivity contribution in [3.63, 3.8) is 0 Å². The summed E-state index contributed by atoms with van der Waals surface area (Å²) in [6, 6.07) is 0. The first kappa shape index (κ1) is 19.0. The molecular formula is C20H37NO2. The summed E-state index contributed by atoms with van der Waals surface area (Å²) in [6.45, 7) is 7.41. The highest BCUT2D eigenvalue weighted by atomic mass is 16.3. The van der Waals surface area contributed by atoms with E-state index in [9.17, 15) is 10.2 Å². The molecule has 0 spiro atoms. The van der Waals surface area contributed by atoms with Crippen LogP contribution in [0.2, 0.25) is 0 Å². The summed E-state index contributed by atoms with van der Waals surface area (Å²) < 4.78 is 0. The molecule has 3 rings (SSSR count). The van der Waals surface area contributed by atoms with Crippen LogP contribution in [0.5, 0.6) is 0 Å². The Morgan fingerprint density at radius 2 is 1.83 bits per heavy atom. The molecule has 6 unspecified atom stereocenters. The van der Waals surface area contributed by atoms with E-state index in [0.717, 1.165) is 31.1 Å². The van der Waals surface area contributed by atoms with Crippen LogP contribution in [0.15, 0.2) is 11.6 Å². The molecular weight excluding hydrogens is 286 g/mol. The highest BCUT2D eigenvalue weighted by Crippen LogP contribution is 2.59. The van der Waals surface area contributed by atoms with Crippen molar-refractivity contribution in [2.24, 2.45) is 34.3 Å². The zero-order valence-electron chi connectivity index (χ0n) is 15.5. The van der Waals surface area contributed by atoms with Crippen LogP contribution in [0.1, 0.15) is 65.7 Å². The standard InChI is InChI=1S/C19H32O2.CH5N/c1-13-4-5-14-10-15(6-8-18(13,14)2)19(3)9-7-17(21)11-16(19)12-20;1-2/h4,14-17,20-21H,5-12H2,1-3H3;2H2,1H3. The van der Waals surface area contributed by atoms with Gasteiger partial charge in [-0.25, -0.2) is 0 Å². The molecule has 0 heterocycles. The third kappa shape index (κ3) is 3.25. The van der Waals surface area contributed by atoms with Crippen molar-refractivity contribution in [3.05, 3.63) is 11.6 Å². The Morgan fingerprint density at radius 3 is 2.48 bits per heavy atom. The minimum absolute atomic E-state index is 0.195. The van der Waals surface area contributed by atoms with E-state index in [1.54, 1.807) is 5.57 Å². The molecule has 0 aromatic carbocycles. The first-order chi connectivity index (χ1) is 10.9. The molecule has 3 nitrogen and oxygen atoms in total. The Kier molecular flexibility index (Phi) is 5.97. The van der Waals surface area contributed by atoms with Crippen molar-refractivity contribution in [1.29, 1.82) is 0 Å². The average molecular weight is 324 g/mol. The van der Waals surface area contributed by atoms with E-state index >= 15 is 0 Å². The van der Waals surface area contributed by atoms with E-state index in [1.165, 1.54) is 32.7 Å². The number of fused-ring (bicyclic) bond motifs is 1. The summed E-state index contributed by atoms with van der Waals surface area (Å²) in [5.74, 6) is 1.81. The Labute approximate surface area is 142 Å². The van der Waals surface area contributed by atoms with Gasteiger partial charge in [-0.2, -0.15) is 0 Å². The average Bonchev–Trinajstić information content (AvgIpc) is 2.86. The topological polar surface area (TPSA) is 66.5 Å². The van der Waals surface area contributed by atoms with Crippen LogP contribution >= 0.6 is 0 Å². The zero-order chi connectivity index (χ0) is 17.3. The first-order valence-electron chi connectivity index (χ1n) is 9.44. The fourth-order valence-corrected chi connectivity index (χ4v) is 5.64. The lowest BCUT2D eigenvalue weighted by Crippen LogP contribution is -2.47. The van der Waals surface area contributed by atoms with Crippen LogP contribution < -0.4 is 5.73 Å². The molecule has 3 aliphatic carbocycles.